The number of nitrogens with two attached hydrogens (primary N) is 1. The maximum atomic E-state index is 6.00. The molecule has 1 aromatic carbocycles. The van der Waals surface area contributed by atoms with Gasteiger partial charge in [-0.05, 0) is 32.8 Å². The van der Waals surface area contributed by atoms with Crippen LogP contribution in [0.1, 0.15) is 30.0 Å². The first-order valence-electron chi connectivity index (χ1n) is 6.47. The number of aryl methyl sites for hydroxylation is 2. The summed E-state index contributed by atoms with van der Waals surface area (Å²) in [6.45, 7) is 7.75. The SMILES string of the molecule is COc1c(C)cc(C)cc1C1(CC(C)N)COC1. The molecule has 100 valence electrons. The van der Waals surface area contributed by atoms with Gasteiger partial charge in [-0.1, -0.05) is 17.7 Å². The molecule has 0 aliphatic carbocycles. The molecule has 1 saturated heterocycles. The van der Waals surface area contributed by atoms with Crippen LogP contribution < -0.4 is 10.5 Å². The number of methoxy groups -OCH3 is 1. The van der Waals surface area contributed by atoms with Crippen molar-refractivity contribution in [2.24, 2.45) is 5.73 Å². The van der Waals surface area contributed by atoms with Crippen molar-refractivity contribution in [3.63, 3.8) is 0 Å². The maximum Gasteiger partial charge on any atom is 0.125 e. The quantitative estimate of drug-likeness (QED) is 0.890. The van der Waals surface area contributed by atoms with Crippen LogP contribution in [0.15, 0.2) is 12.1 Å². The van der Waals surface area contributed by atoms with Gasteiger partial charge < -0.3 is 15.2 Å². The van der Waals surface area contributed by atoms with E-state index in [4.69, 9.17) is 15.2 Å². The molecule has 0 spiro atoms. The first kappa shape index (κ1) is 13.4. The zero-order chi connectivity index (χ0) is 13.3. The number of hydrogen-bond donors (Lipinski definition) is 1. The lowest BCUT2D eigenvalue weighted by molar-refractivity contribution is -0.0674. The molecule has 0 amide bonds. The Morgan fingerprint density at radius 3 is 2.50 bits per heavy atom. The van der Waals surface area contributed by atoms with E-state index in [9.17, 15) is 0 Å². The average molecular weight is 249 g/mol. The summed E-state index contributed by atoms with van der Waals surface area (Å²) >= 11 is 0. The molecule has 1 aliphatic heterocycles. The van der Waals surface area contributed by atoms with Crippen LogP contribution in [-0.4, -0.2) is 26.4 Å². The minimum Gasteiger partial charge on any atom is -0.496 e. The van der Waals surface area contributed by atoms with Gasteiger partial charge in [0, 0.05) is 17.0 Å². The Hall–Kier alpha value is -1.06. The molecule has 1 aromatic rings. The zero-order valence-electron chi connectivity index (χ0n) is 11.7. The monoisotopic (exact) mass is 249 g/mol. The van der Waals surface area contributed by atoms with Crippen LogP contribution in [0.25, 0.3) is 0 Å². The van der Waals surface area contributed by atoms with E-state index in [0.717, 1.165) is 25.4 Å². The number of rotatable bonds is 4. The second kappa shape index (κ2) is 4.90. The van der Waals surface area contributed by atoms with E-state index in [1.165, 1.54) is 16.7 Å². The highest BCUT2D eigenvalue weighted by Crippen LogP contribution is 2.43. The van der Waals surface area contributed by atoms with Gasteiger partial charge >= 0.3 is 0 Å². The fourth-order valence-electron chi connectivity index (χ4n) is 2.97. The summed E-state index contributed by atoms with van der Waals surface area (Å²) < 4.78 is 11.1. The summed E-state index contributed by atoms with van der Waals surface area (Å²) in [6, 6.07) is 4.54. The summed E-state index contributed by atoms with van der Waals surface area (Å²) in [5.41, 5.74) is 9.74. The topological polar surface area (TPSA) is 44.5 Å². The van der Waals surface area contributed by atoms with Crippen molar-refractivity contribution in [2.45, 2.75) is 38.6 Å². The van der Waals surface area contributed by atoms with Gasteiger partial charge in [-0.3, -0.25) is 0 Å². The van der Waals surface area contributed by atoms with E-state index >= 15 is 0 Å². The highest BCUT2D eigenvalue weighted by Gasteiger charge is 2.43. The Kier molecular flexibility index (Phi) is 3.64. The fourth-order valence-corrected chi connectivity index (χ4v) is 2.97. The lowest BCUT2D eigenvalue weighted by atomic mass is 9.73. The molecular weight excluding hydrogens is 226 g/mol. The summed E-state index contributed by atoms with van der Waals surface area (Å²) in [5, 5.41) is 0. The van der Waals surface area contributed by atoms with Gasteiger partial charge in [0.15, 0.2) is 0 Å². The highest BCUT2D eigenvalue weighted by molar-refractivity contribution is 5.49. The Morgan fingerprint density at radius 1 is 1.39 bits per heavy atom. The van der Waals surface area contributed by atoms with Crippen molar-refractivity contribution in [3.05, 3.63) is 28.8 Å². The molecule has 1 atom stereocenters. The Bertz CT molecular complexity index is 436. The van der Waals surface area contributed by atoms with E-state index in [-0.39, 0.29) is 11.5 Å². The van der Waals surface area contributed by atoms with E-state index in [1.807, 2.05) is 0 Å². The Labute approximate surface area is 109 Å². The third kappa shape index (κ3) is 2.25. The van der Waals surface area contributed by atoms with Crippen LogP contribution in [-0.2, 0) is 10.2 Å². The molecule has 1 aliphatic rings. The predicted octanol–water partition coefficient (Wildman–Crippen LogP) is 2.32. The summed E-state index contributed by atoms with van der Waals surface area (Å²) in [5.74, 6) is 0.990. The van der Waals surface area contributed by atoms with Gasteiger partial charge in [0.2, 0.25) is 0 Å². The van der Waals surface area contributed by atoms with Crippen molar-refractivity contribution >= 4 is 0 Å². The predicted molar refractivity (Wildman–Crippen MR) is 73.2 cm³/mol. The average Bonchev–Trinajstić information content (AvgIpc) is 2.22. The van der Waals surface area contributed by atoms with Crippen molar-refractivity contribution in [2.75, 3.05) is 20.3 Å². The molecule has 0 saturated carbocycles. The van der Waals surface area contributed by atoms with E-state index in [0.29, 0.717) is 0 Å². The molecule has 3 heteroatoms. The molecule has 0 aromatic heterocycles. The molecule has 18 heavy (non-hydrogen) atoms. The molecular formula is C15H23NO2. The number of benzene rings is 1. The molecule has 2 rings (SSSR count). The van der Waals surface area contributed by atoms with Gasteiger partial charge in [-0.15, -0.1) is 0 Å². The Morgan fingerprint density at radius 2 is 2.06 bits per heavy atom. The van der Waals surface area contributed by atoms with Gasteiger partial charge in [-0.25, -0.2) is 0 Å². The number of ether oxygens (including phenoxy) is 2. The van der Waals surface area contributed by atoms with Gasteiger partial charge in [0.1, 0.15) is 5.75 Å². The lowest BCUT2D eigenvalue weighted by Gasteiger charge is -2.44. The third-order valence-corrected chi connectivity index (χ3v) is 3.66. The smallest absolute Gasteiger partial charge is 0.125 e. The minimum absolute atomic E-state index is 0.0380. The molecule has 3 nitrogen and oxygen atoms in total. The molecule has 0 bridgehead atoms. The van der Waals surface area contributed by atoms with Crippen molar-refractivity contribution in [1.29, 1.82) is 0 Å². The minimum atomic E-state index is 0.0380. The first-order chi connectivity index (χ1) is 8.48. The summed E-state index contributed by atoms with van der Waals surface area (Å²) in [6.07, 6.45) is 0.937. The van der Waals surface area contributed by atoms with Crippen LogP contribution in [0, 0.1) is 13.8 Å². The molecule has 1 fully saturated rings. The van der Waals surface area contributed by atoms with Crippen LogP contribution in [0.3, 0.4) is 0 Å². The molecule has 1 heterocycles. The molecule has 2 N–H and O–H groups in total. The zero-order valence-corrected chi connectivity index (χ0v) is 11.7. The van der Waals surface area contributed by atoms with E-state index in [1.54, 1.807) is 7.11 Å². The van der Waals surface area contributed by atoms with Gasteiger partial charge in [0.25, 0.3) is 0 Å². The molecule has 0 radical (unpaired) electrons. The van der Waals surface area contributed by atoms with Crippen LogP contribution in [0.4, 0.5) is 0 Å². The second-order valence-electron chi connectivity index (χ2n) is 5.62. The van der Waals surface area contributed by atoms with E-state index < -0.39 is 0 Å². The summed E-state index contributed by atoms with van der Waals surface area (Å²) in [4.78, 5) is 0. The van der Waals surface area contributed by atoms with Gasteiger partial charge in [0.05, 0.1) is 20.3 Å². The third-order valence-electron chi connectivity index (χ3n) is 3.66. The lowest BCUT2D eigenvalue weighted by Crippen LogP contribution is -2.50. The fraction of sp³-hybridized carbons (Fsp3) is 0.600. The van der Waals surface area contributed by atoms with Crippen molar-refractivity contribution in [1.82, 2.24) is 0 Å². The normalized spacial score (nSPS) is 19.2. The first-order valence-corrected chi connectivity index (χ1v) is 6.47. The maximum absolute atomic E-state index is 6.00. The largest absolute Gasteiger partial charge is 0.496 e. The summed E-state index contributed by atoms with van der Waals surface area (Å²) in [7, 11) is 1.74. The van der Waals surface area contributed by atoms with E-state index in [2.05, 4.69) is 32.9 Å². The van der Waals surface area contributed by atoms with Crippen molar-refractivity contribution < 1.29 is 9.47 Å². The van der Waals surface area contributed by atoms with Crippen LogP contribution in [0.5, 0.6) is 5.75 Å². The van der Waals surface area contributed by atoms with Crippen molar-refractivity contribution in [3.8, 4) is 5.75 Å². The second-order valence-corrected chi connectivity index (χ2v) is 5.62. The van der Waals surface area contributed by atoms with Gasteiger partial charge in [-0.2, -0.15) is 0 Å². The number of hydrogen-bond acceptors (Lipinski definition) is 3. The Balaban J connectivity index is 2.47. The highest BCUT2D eigenvalue weighted by atomic mass is 16.5. The van der Waals surface area contributed by atoms with Crippen LogP contribution >= 0.6 is 0 Å². The van der Waals surface area contributed by atoms with Crippen LogP contribution in [0.2, 0.25) is 0 Å². The molecule has 1 unspecified atom stereocenters. The standard InChI is InChI=1S/C15H23NO2/c1-10-5-11(2)14(17-4)13(6-10)15(7-12(3)16)8-18-9-15/h5-6,12H,7-9,16H2,1-4H3.